The van der Waals surface area contributed by atoms with Crippen molar-refractivity contribution in [3.63, 3.8) is 0 Å². The van der Waals surface area contributed by atoms with Crippen LogP contribution in [0.5, 0.6) is 5.75 Å². The van der Waals surface area contributed by atoms with Gasteiger partial charge in [-0.3, -0.25) is 10.1 Å². The van der Waals surface area contributed by atoms with Gasteiger partial charge >= 0.3 is 5.69 Å². The van der Waals surface area contributed by atoms with Crippen LogP contribution in [-0.4, -0.2) is 11.0 Å². The van der Waals surface area contributed by atoms with Crippen molar-refractivity contribution < 1.29 is 9.66 Å². The summed E-state index contributed by atoms with van der Waals surface area (Å²) in [7, 11) is 0. The Morgan fingerprint density at radius 3 is 2.80 bits per heavy atom. The van der Waals surface area contributed by atoms with Crippen molar-refractivity contribution in [1.82, 2.24) is 0 Å². The molecule has 15 heavy (non-hydrogen) atoms. The molecule has 2 atom stereocenters. The summed E-state index contributed by atoms with van der Waals surface area (Å²) in [5.74, 6) is 0.333. The Bertz CT molecular complexity index is 431. The van der Waals surface area contributed by atoms with Gasteiger partial charge < -0.3 is 10.5 Å². The zero-order chi connectivity index (χ0) is 11.2. The number of nitrogens with two attached hydrogens (primary N) is 1. The molecule has 80 valence electrons. The number of aryl methyl sites for hydroxylation is 1. The van der Waals surface area contributed by atoms with Gasteiger partial charge in [0.05, 0.1) is 11.0 Å². The molecule has 0 radical (unpaired) electrons. The Kier molecular flexibility index (Phi) is 2.12. The first-order chi connectivity index (χ1) is 7.02. The zero-order valence-electron chi connectivity index (χ0n) is 8.56. The highest BCUT2D eigenvalue weighted by Crippen LogP contribution is 2.43. The molecule has 0 fully saturated rings. The Hall–Kier alpha value is -1.62. The molecule has 2 rings (SSSR count). The number of nitro groups is 1. The van der Waals surface area contributed by atoms with E-state index in [2.05, 4.69) is 0 Å². The van der Waals surface area contributed by atoms with Crippen molar-refractivity contribution in [1.29, 1.82) is 0 Å². The number of benzene rings is 1. The Labute approximate surface area is 87.0 Å². The molecular weight excluding hydrogens is 196 g/mol. The third-order valence-electron chi connectivity index (χ3n) is 2.73. The molecule has 5 heteroatoms. The lowest BCUT2D eigenvalue weighted by Crippen LogP contribution is -2.21. The van der Waals surface area contributed by atoms with E-state index in [1.807, 2.05) is 13.8 Å². The Morgan fingerprint density at radius 2 is 2.20 bits per heavy atom. The number of rotatable bonds is 1. The highest BCUT2D eigenvalue weighted by Gasteiger charge is 2.35. The second kappa shape index (κ2) is 3.20. The molecule has 0 saturated heterocycles. The number of hydrogen-bond acceptors (Lipinski definition) is 4. The van der Waals surface area contributed by atoms with Gasteiger partial charge in [0.2, 0.25) is 5.75 Å². The summed E-state index contributed by atoms with van der Waals surface area (Å²) in [6, 6.07) is 2.89. The van der Waals surface area contributed by atoms with Crippen molar-refractivity contribution in [3.8, 4) is 5.75 Å². The normalized spacial score (nSPS) is 23.4. The summed E-state index contributed by atoms with van der Waals surface area (Å²) in [6.07, 6.45) is -0.209. The minimum atomic E-state index is -0.441. The second-order valence-corrected chi connectivity index (χ2v) is 3.75. The molecule has 1 aliphatic heterocycles. The van der Waals surface area contributed by atoms with Crippen molar-refractivity contribution in [3.05, 3.63) is 33.4 Å². The van der Waals surface area contributed by atoms with E-state index in [1.165, 1.54) is 6.07 Å². The van der Waals surface area contributed by atoms with Crippen molar-refractivity contribution in [2.24, 2.45) is 5.73 Å². The predicted molar refractivity (Wildman–Crippen MR) is 54.9 cm³/mol. The van der Waals surface area contributed by atoms with Crippen LogP contribution in [0.25, 0.3) is 0 Å². The van der Waals surface area contributed by atoms with E-state index in [-0.39, 0.29) is 17.8 Å². The van der Waals surface area contributed by atoms with Gasteiger partial charge in [0, 0.05) is 11.6 Å². The van der Waals surface area contributed by atoms with Gasteiger partial charge in [-0.2, -0.15) is 0 Å². The summed E-state index contributed by atoms with van der Waals surface area (Å²) in [4.78, 5) is 10.3. The lowest BCUT2D eigenvalue weighted by molar-refractivity contribution is -0.385. The predicted octanol–water partition coefficient (Wildman–Crippen LogP) is 1.68. The molecule has 2 N–H and O–H groups in total. The Morgan fingerprint density at radius 1 is 1.53 bits per heavy atom. The van der Waals surface area contributed by atoms with E-state index >= 15 is 0 Å². The summed E-state index contributed by atoms with van der Waals surface area (Å²) < 4.78 is 5.43. The van der Waals surface area contributed by atoms with Crippen LogP contribution >= 0.6 is 0 Å². The van der Waals surface area contributed by atoms with Crippen LogP contribution in [0.4, 0.5) is 5.69 Å². The maximum Gasteiger partial charge on any atom is 0.311 e. The minimum absolute atomic E-state index is 0.00426. The van der Waals surface area contributed by atoms with Gasteiger partial charge in [0.1, 0.15) is 6.10 Å². The van der Waals surface area contributed by atoms with E-state index in [4.69, 9.17) is 10.5 Å². The Balaban J connectivity index is 2.64. The van der Waals surface area contributed by atoms with Crippen LogP contribution < -0.4 is 10.5 Å². The zero-order valence-corrected chi connectivity index (χ0v) is 8.56. The smallest absolute Gasteiger partial charge is 0.311 e. The second-order valence-electron chi connectivity index (χ2n) is 3.75. The van der Waals surface area contributed by atoms with Crippen LogP contribution in [-0.2, 0) is 0 Å². The number of fused-ring (bicyclic) bond motifs is 1. The quantitative estimate of drug-likeness (QED) is 0.562. The molecule has 0 spiro atoms. The summed E-state index contributed by atoms with van der Waals surface area (Å²) in [6.45, 7) is 3.69. The molecule has 2 unspecified atom stereocenters. The van der Waals surface area contributed by atoms with Crippen LogP contribution in [0.15, 0.2) is 12.1 Å². The SMILES string of the molecule is Cc1ccc([N+](=O)[O-])c2c1C(N)C(C)O2. The van der Waals surface area contributed by atoms with E-state index < -0.39 is 4.92 Å². The minimum Gasteiger partial charge on any atom is -0.482 e. The van der Waals surface area contributed by atoms with Gasteiger partial charge in [-0.25, -0.2) is 0 Å². The maximum atomic E-state index is 10.8. The van der Waals surface area contributed by atoms with Crippen molar-refractivity contribution >= 4 is 5.69 Å². The first-order valence-electron chi connectivity index (χ1n) is 4.72. The van der Waals surface area contributed by atoms with Crippen LogP contribution in [0.3, 0.4) is 0 Å². The number of nitro benzene ring substituents is 1. The molecule has 0 aromatic heterocycles. The fraction of sp³-hybridized carbons (Fsp3) is 0.400. The molecule has 0 saturated carbocycles. The molecule has 0 bridgehead atoms. The first kappa shape index (κ1) is 9.92. The van der Waals surface area contributed by atoms with E-state index in [9.17, 15) is 10.1 Å². The maximum absolute atomic E-state index is 10.8. The fourth-order valence-corrected chi connectivity index (χ4v) is 1.86. The fourth-order valence-electron chi connectivity index (χ4n) is 1.86. The number of hydrogen-bond donors (Lipinski definition) is 1. The molecular formula is C10H12N2O3. The number of ether oxygens (including phenoxy) is 1. The van der Waals surface area contributed by atoms with E-state index in [0.29, 0.717) is 5.75 Å². The van der Waals surface area contributed by atoms with Gasteiger partial charge in [-0.1, -0.05) is 6.07 Å². The van der Waals surface area contributed by atoms with Crippen LogP contribution in [0, 0.1) is 17.0 Å². The van der Waals surface area contributed by atoms with E-state index in [1.54, 1.807) is 6.07 Å². The van der Waals surface area contributed by atoms with Gasteiger partial charge in [0.25, 0.3) is 0 Å². The molecule has 1 aromatic carbocycles. The third-order valence-corrected chi connectivity index (χ3v) is 2.73. The summed E-state index contributed by atoms with van der Waals surface area (Å²) in [5.41, 5.74) is 7.61. The van der Waals surface area contributed by atoms with Crippen molar-refractivity contribution in [2.45, 2.75) is 26.0 Å². The lowest BCUT2D eigenvalue weighted by Gasteiger charge is -2.08. The molecule has 0 amide bonds. The summed E-state index contributed by atoms with van der Waals surface area (Å²) in [5, 5.41) is 10.8. The largest absolute Gasteiger partial charge is 0.482 e. The van der Waals surface area contributed by atoms with Gasteiger partial charge in [0.15, 0.2) is 0 Å². The van der Waals surface area contributed by atoms with Crippen LogP contribution in [0.2, 0.25) is 0 Å². The van der Waals surface area contributed by atoms with E-state index in [0.717, 1.165) is 11.1 Å². The highest BCUT2D eigenvalue weighted by molar-refractivity contribution is 5.58. The van der Waals surface area contributed by atoms with Crippen molar-refractivity contribution in [2.75, 3.05) is 0 Å². The average Bonchev–Trinajstić information content (AvgIpc) is 2.44. The molecule has 1 heterocycles. The van der Waals surface area contributed by atoms with Crippen LogP contribution in [0.1, 0.15) is 24.1 Å². The first-order valence-corrected chi connectivity index (χ1v) is 4.72. The average molecular weight is 208 g/mol. The lowest BCUT2D eigenvalue weighted by atomic mass is 9.99. The van der Waals surface area contributed by atoms with Gasteiger partial charge in [-0.05, 0) is 19.4 Å². The monoisotopic (exact) mass is 208 g/mol. The molecule has 1 aliphatic rings. The molecule has 5 nitrogen and oxygen atoms in total. The third kappa shape index (κ3) is 1.35. The standard InChI is InChI=1S/C10H12N2O3/c1-5-3-4-7(12(13)14)10-8(5)9(11)6(2)15-10/h3-4,6,9H,11H2,1-2H3. The molecule has 1 aromatic rings. The summed E-state index contributed by atoms with van der Waals surface area (Å²) >= 11 is 0. The number of nitrogens with zero attached hydrogens (tertiary/aromatic N) is 1. The van der Waals surface area contributed by atoms with Gasteiger partial charge in [-0.15, -0.1) is 0 Å². The topological polar surface area (TPSA) is 78.4 Å². The highest BCUT2D eigenvalue weighted by atomic mass is 16.6. The molecule has 0 aliphatic carbocycles.